The quantitative estimate of drug-likeness (QED) is 0.430. The smallest absolute Gasteiger partial charge is 0.292 e. The van der Waals surface area contributed by atoms with Gasteiger partial charge in [-0.1, -0.05) is 19.2 Å². The summed E-state index contributed by atoms with van der Waals surface area (Å²) in [7, 11) is -3.53. The molecule has 0 aliphatic carbocycles. The zero-order valence-corrected chi connectivity index (χ0v) is 9.42. The van der Waals surface area contributed by atoms with Gasteiger partial charge in [0.25, 0.3) is 10.1 Å². The molecule has 0 unspecified atom stereocenters. The van der Waals surface area contributed by atoms with Crippen LogP contribution in [-0.4, -0.2) is 20.9 Å². The van der Waals surface area contributed by atoms with Crippen molar-refractivity contribution >= 4 is 16.0 Å². The molecule has 86 valence electrons. The number of hydrogen-bond acceptors (Lipinski definition) is 4. The molecular weight excluding hydrogens is 218 g/mol. The number of allylic oxidation sites excluding steroid dienone is 1. The van der Waals surface area contributed by atoms with Gasteiger partial charge in [0.1, 0.15) is 0 Å². The predicted octanol–water partition coefficient (Wildman–Crippen LogP) is 0.710. The lowest BCUT2D eigenvalue weighted by atomic mass is 10.6. The summed E-state index contributed by atoms with van der Waals surface area (Å²) >= 11 is 0. The van der Waals surface area contributed by atoms with Crippen molar-refractivity contribution in [1.82, 2.24) is 0 Å². The Morgan fingerprint density at radius 3 is 2.07 bits per heavy atom. The summed E-state index contributed by atoms with van der Waals surface area (Å²) in [4.78, 5) is 9.48. The summed E-state index contributed by atoms with van der Waals surface area (Å²) in [5.41, 5.74) is 4.53. The Morgan fingerprint density at radius 2 is 1.87 bits per heavy atom. The largest absolute Gasteiger partial charge is 0.366 e. The second kappa shape index (κ2) is 7.95. The van der Waals surface area contributed by atoms with E-state index in [1.165, 1.54) is 13.0 Å². The normalized spacial score (nSPS) is 9.40. The van der Waals surface area contributed by atoms with Crippen LogP contribution >= 0.6 is 0 Å². The van der Waals surface area contributed by atoms with E-state index in [0.717, 1.165) is 6.08 Å². The van der Waals surface area contributed by atoms with Gasteiger partial charge in [0.15, 0.2) is 0 Å². The third-order valence-electron chi connectivity index (χ3n) is 0.969. The number of carbonyl (C=O) groups is 1. The third kappa shape index (κ3) is 10.5. The van der Waals surface area contributed by atoms with Crippen LogP contribution in [0.3, 0.4) is 0 Å². The summed E-state index contributed by atoms with van der Waals surface area (Å²) in [5.74, 6) is -0.481. The predicted molar refractivity (Wildman–Crippen MR) is 59.3 cm³/mol. The highest BCUT2D eigenvalue weighted by Gasteiger charge is 2.09. The van der Waals surface area contributed by atoms with Gasteiger partial charge in [-0.25, -0.2) is 0 Å². The minimum Gasteiger partial charge on any atom is -0.366 e. The van der Waals surface area contributed by atoms with Crippen molar-refractivity contribution in [2.75, 3.05) is 6.61 Å². The van der Waals surface area contributed by atoms with E-state index in [9.17, 15) is 13.2 Å². The van der Waals surface area contributed by atoms with Gasteiger partial charge in [0.05, 0.1) is 11.5 Å². The van der Waals surface area contributed by atoms with Gasteiger partial charge in [0.2, 0.25) is 5.91 Å². The van der Waals surface area contributed by atoms with Crippen LogP contribution in [0.1, 0.15) is 6.92 Å². The lowest BCUT2D eigenvalue weighted by Crippen LogP contribution is -2.05. The summed E-state index contributed by atoms with van der Waals surface area (Å²) in [6.45, 7) is 11.0. The highest BCUT2D eigenvalue weighted by molar-refractivity contribution is 7.90. The SMILES string of the molecule is C=CC(N)=O.C=CCOS(=O)(=O)C(=C)C. The molecule has 0 aromatic rings. The molecule has 0 aliphatic rings. The minimum atomic E-state index is -3.53. The van der Waals surface area contributed by atoms with Gasteiger partial charge in [-0.05, 0) is 13.0 Å². The third-order valence-corrected chi connectivity index (χ3v) is 2.27. The molecule has 0 fully saturated rings. The molecule has 0 saturated carbocycles. The topological polar surface area (TPSA) is 86.5 Å². The molecule has 2 N–H and O–H groups in total. The Balaban J connectivity index is 0. The summed E-state index contributed by atoms with van der Waals surface area (Å²) in [5, 5.41) is 0. The number of amides is 1. The van der Waals surface area contributed by atoms with Gasteiger partial charge in [-0.2, -0.15) is 8.42 Å². The minimum absolute atomic E-state index is 0.00477. The van der Waals surface area contributed by atoms with Crippen molar-refractivity contribution in [3.8, 4) is 0 Å². The standard InChI is InChI=1S/C6H10O3S.C3H5NO/c1-4-5-9-10(7,8)6(2)3;1-2-3(4)5/h4H,1-2,5H2,3H3;2H,1H2,(H2,4,5). The Bertz CT molecular complexity index is 343. The van der Waals surface area contributed by atoms with Crippen molar-refractivity contribution in [3.05, 3.63) is 36.8 Å². The number of carbonyl (C=O) groups excluding carboxylic acids is 1. The van der Waals surface area contributed by atoms with Gasteiger partial charge in [0, 0.05) is 0 Å². The first-order chi connectivity index (χ1) is 6.77. The summed E-state index contributed by atoms with van der Waals surface area (Å²) in [6, 6.07) is 0. The van der Waals surface area contributed by atoms with Crippen molar-refractivity contribution < 1.29 is 17.4 Å². The highest BCUT2D eigenvalue weighted by Crippen LogP contribution is 2.03. The average molecular weight is 233 g/mol. The molecule has 0 aromatic heterocycles. The monoisotopic (exact) mass is 233 g/mol. The fourth-order valence-electron chi connectivity index (χ4n) is 0.238. The molecule has 6 heteroatoms. The molecular formula is C9H15NO4S. The molecule has 0 atom stereocenters. The zero-order valence-electron chi connectivity index (χ0n) is 8.60. The van der Waals surface area contributed by atoms with E-state index >= 15 is 0 Å². The molecule has 5 nitrogen and oxygen atoms in total. The summed E-state index contributed by atoms with van der Waals surface area (Å²) in [6.07, 6.45) is 2.42. The maximum atomic E-state index is 10.7. The van der Waals surface area contributed by atoms with Crippen molar-refractivity contribution in [2.24, 2.45) is 5.73 Å². The second-order valence-corrected chi connectivity index (χ2v) is 4.18. The van der Waals surface area contributed by atoms with Crippen molar-refractivity contribution in [3.63, 3.8) is 0 Å². The molecule has 0 rings (SSSR count). The van der Waals surface area contributed by atoms with E-state index in [1.807, 2.05) is 0 Å². The maximum Gasteiger partial charge on any atom is 0.292 e. The van der Waals surface area contributed by atoms with Gasteiger partial charge >= 0.3 is 0 Å². The van der Waals surface area contributed by atoms with Gasteiger partial charge in [-0.15, -0.1) is 6.58 Å². The summed E-state index contributed by atoms with van der Waals surface area (Å²) < 4.78 is 25.8. The molecule has 0 spiro atoms. The van der Waals surface area contributed by atoms with E-state index in [4.69, 9.17) is 0 Å². The van der Waals surface area contributed by atoms with Crippen LogP contribution in [0.5, 0.6) is 0 Å². The molecule has 0 bridgehead atoms. The van der Waals surface area contributed by atoms with Crippen LogP contribution in [0, 0.1) is 0 Å². The number of rotatable bonds is 5. The van der Waals surface area contributed by atoms with E-state index in [-0.39, 0.29) is 11.5 Å². The van der Waals surface area contributed by atoms with Crippen LogP contribution in [0.2, 0.25) is 0 Å². The zero-order chi connectivity index (χ0) is 12.5. The maximum absolute atomic E-state index is 10.7. The lowest BCUT2D eigenvalue weighted by molar-refractivity contribution is -0.113. The molecule has 0 saturated heterocycles. The van der Waals surface area contributed by atoms with Gasteiger partial charge in [-0.3, -0.25) is 8.98 Å². The lowest BCUT2D eigenvalue weighted by Gasteiger charge is -1.99. The first kappa shape index (κ1) is 16.0. The molecule has 0 radical (unpaired) electrons. The number of hydrogen-bond donors (Lipinski definition) is 1. The van der Waals surface area contributed by atoms with Gasteiger partial charge < -0.3 is 5.73 Å². The highest BCUT2D eigenvalue weighted by atomic mass is 32.2. The molecule has 1 amide bonds. The van der Waals surface area contributed by atoms with E-state index < -0.39 is 16.0 Å². The Kier molecular flexibility index (Phi) is 8.51. The van der Waals surface area contributed by atoms with Crippen LogP contribution in [0.25, 0.3) is 0 Å². The molecule has 0 aliphatic heterocycles. The fourth-order valence-corrected chi connectivity index (χ4v) is 0.715. The Labute approximate surface area is 90.0 Å². The number of primary amides is 1. The number of nitrogens with two attached hydrogens (primary N) is 1. The van der Waals surface area contributed by atoms with Crippen LogP contribution in [-0.2, 0) is 19.1 Å². The first-order valence-corrected chi connectivity index (χ1v) is 5.26. The first-order valence-electron chi connectivity index (χ1n) is 3.85. The van der Waals surface area contributed by atoms with Crippen LogP contribution in [0.15, 0.2) is 36.8 Å². The fraction of sp³-hybridized carbons (Fsp3) is 0.222. The van der Waals surface area contributed by atoms with Crippen molar-refractivity contribution in [2.45, 2.75) is 6.92 Å². The Hall–Kier alpha value is -1.40. The van der Waals surface area contributed by atoms with E-state index in [0.29, 0.717) is 0 Å². The second-order valence-electron chi connectivity index (χ2n) is 2.34. The average Bonchev–Trinajstić information content (AvgIpc) is 2.15. The van der Waals surface area contributed by atoms with E-state index in [2.05, 4.69) is 29.7 Å². The molecule has 0 heterocycles. The van der Waals surface area contributed by atoms with Crippen molar-refractivity contribution in [1.29, 1.82) is 0 Å². The van der Waals surface area contributed by atoms with Crippen LogP contribution < -0.4 is 5.73 Å². The Morgan fingerprint density at radius 1 is 1.47 bits per heavy atom. The van der Waals surface area contributed by atoms with Crippen LogP contribution in [0.4, 0.5) is 0 Å². The molecule has 15 heavy (non-hydrogen) atoms. The molecule has 0 aromatic carbocycles. The van der Waals surface area contributed by atoms with E-state index in [1.54, 1.807) is 0 Å².